The number of fused-ring (bicyclic) bond motifs is 1. The zero-order valence-electron chi connectivity index (χ0n) is 22.9. The molecular weight excluding hydrogens is 633 g/mol. The maximum absolute atomic E-state index is 14.7. The van der Waals surface area contributed by atoms with Gasteiger partial charge in [-0.15, -0.1) is 8.78 Å². The molecule has 9 nitrogen and oxygen atoms in total. The molecule has 0 radical (unpaired) electrons. The van der Waals surface area contributed by atoms with Crippen LogP contribution in [0.5, 0.6) is 17.2 Å². The summed E-state index contributed by atoms with van der Waals surface area (Å²) in [4.78, 5) is 38.1. The summed E-state index contributed by atoms with van der Waals surface area (Å²) in [7, 11) is 1.19. The average Bonchev–Trinajstić information content (AvgIpc) is 3.29. The van der Waals surface area contributed by atoms with Gasteiger partial charge in [0, 0.05) is 17.3 Å². The number of hydrogen-bond donors (Lipinski definition) is 3. The number of carboxylic acid groups (broad SMARTS) is 1. The van der Waals surface area contributed by atoms with Gasteiger partial charge in [-0.1, -0.05) is 6.07 Å². The van der Waals surface area contributed by atoms with E-state index >= 15 is 0 Å². The highest BCUT2D eigenvalue weighted by Gasteiger charge is 2.44. The van der Waals surface area contributed by atoms with E-state index in [1.54, 1.807) is 0 Å². The van der Waals surface area contributed by atoms with Crippen molar-refractivity contribution in [3.8, 4) is 28.4 Å². The van der Waals surface area contributed by atoms with E-state index < -0.39 is 75.9 Å². The lowest BCUT2D eigenvalue weighted by Crippen LogP contribution is -2.25. The largest absolute Gasteiger partial charge is 0.586 e. The Morgan fingerprint density at radius 3 is 2.11 bits per heavy atom. The Morgan fingerprint density at radius 1 is 0.804 bits per heavy atom. The number of alkyl halides is 5. The number of methoxy groups -OCH3 is 1. The van der Waals surface area contributed by atoms with Crippen LogP contribution in [0.15, 0.2) is 66.7 Å². The highest BCUT2D eigenvalue weighted by Crippen LogP contribution is 2.44. The number of nitrogens with one attached hydrogen (secondary N) is 2. The summed E-state index contributed by atoms with van der Waals surface area (Å²) in [6.07, 6.45) is -9.27. The van der Waals surface area contributed by atoms with Crippen LogP contribution in [0.1, 0.15) is 36.6 Å². The minimum absolute atomic E-state index is 0.0339. The number of rotatable bonds is 7. The second kappa shape index (κ2) is 11.6. The van der Waals surface area contributed by atoms with Crippen molar-refractivity contribution in [1.29, 1.82) is 0 Å². The Labute approximate surface area is 253 Å². The van der Waals surface area contributed by atoms with Gasteiger partial charge >= 0.3 is 18.4 Å². The second-order valence-corrected chi connectivity index (χ2v) is 9.53. The number of ether oxygens (including phenoxy) is 3. The smallest absolute Gasteiger partial charge is 0.496 e. The average molecular weight is 650 g/mol. The van der Waals surface area contributed by atoms with Crippen LogP contribution in [-0.4, -0.2) is 36.3 Å². The van der Waals surface area contributed by atoms with Crippen molar-refractivity contribution in [1.82, 2.24) is 0 Å². The summed E-state index contributed by atoms with van der Waals surface area (Å²) >= 11 is 0. The lowest BCUT2D eigenvalue weighted by Gasteiger charge is -2.15. The third-order valence-corrected chi connectivity index (χ3v) is 6.53. The maximum Gasteiger partial charge on any atom is 0.586 e. The highest BCUT2D eigenvalue weighted by atomic mass is 19.4. The van der Waals surface area contributed by atoms with E-state index in [0.29, 0.717) is 12.1 Å². The molecule has 3 N–H and O–H groups in total. The van der Waals surface area contributed by atoms with Crippen molar-refractivity contribution in [2.75, 3.05) is 17.7 Å². The van der Waals surface area contributed by atoms with Crippen LogP contribution >= 0.6 is 0 Å². The van der Waals surface area contributed by atoms with E-state index in [1.807, 2.05) is 0 Å². The highest BCUT2D eigenvalue weighted by molar-refractivity contribution is 6.14. The minimum atomic E-state index is -5.11. The van der Waals surface area contributed by atoms with E-state index in [0.717, 1.165) is 42.5 Å². The summed E-state index contributed by atoms with van der Waals surface area (Å²) < 4.78 is 110. The maximum atomic E-state index is 14.7. The van der Waals surface area contributed by atoms with Crippen molar-refractivity contribution < 1.29 is 64.4 Å². The fourth-order valence-corrected chi connectivity index (χ4v) is 4.43. The molecule has 0 spiro atoms. The molecule has 4 aromatic carbocycles. The zero-order chi connectivity index (χ0) is 33.6. The normalized spacial score (nSPS) is 13.2. The second-order valence-electron chi connectivity index (χ2n) is 9.53. The third kappa shape index (κ3) is 6.36. The molecule has 1 aliphatic rings. The van der Waals surface area contributed by atoms with Crippen LogP contribution in [-0.2, 0) is 6.18 Å². The fourth-order valence-electron chi connectivity index (χ4n) is 4.43. The first kappa shape index (κ1) is 31.6. The Morgan fingerprint density at radius 2 is 1.46 bits per heavy atom. The number of carbonyl (C=O) groups is 3. The van der Waals surface area contributed by atoms with E-state index in [-0.39, 0.29) is 28.0 Å². The Kier molecular flexibility index (Phi) is 7.98. The number of amides is 2. The molecule has 5 rings (SSSR count). The summed E-state index contributed by atoms with van der Waals surface area (Å²) in [5.41, 5.74) is -4.02. The minimum Gasteiger partial charge on any atom is -0.496 e. The number of anilines is 2. The fraction of sp³-hybridized carbons (Fsp3) is 0.100. The van der Waals surface area contributed by atoms with E-state index in [1.165, 1.54) is 19.2 Å². The van der Waals surface area contributed by atoms with Crippen LogP contribution in [0.2, 0.25) is 0 Å². The van der Waals surface area contributed by atoms with Gasteiger partial charge in [-0.05, 0) is 60.2 Å². The van der Waals surface area contributed by atoms with Gasteiger partial charge < -0.3 is 30.0 Å². The van der Waals surface area contributed by atoms with Gasteiger partial charge in [0.2, 0.25) is 0 Å². The number of hydrogen-bond acceptors (Lipinski definition) is 6. The van der Waals surface area contributed by atoms with Gasteiger partial charge in [0.1, 0.15) is 17.4 Å². The molecule has 46 heavy (non-hydrogen) atoms. The molecule has 1 aliphatic heterocycles. The summed E-state index contributed by atoms with van der Waals surface area (Å²) in [6, 6.07) is 9.80. The van der Waals surface area contributed by atoms with Gasteiger partial charge in [-0.3, -0.25) is 9.59 Å². The molecule has 0 saturated carbocycles. The van der Waals surface area contributed by atoms with Crippen molar-refractivity contribution >= 4 is 29.2 Å². The molecule has 0 saturated heterocycles. The predicted octanol–water partition coefficient (Wildman–Crippen LogP) is 7.18. The van der Waals surface area contributed by atoms with E-state index in [9.17, 15) is 50.2 Å². The molecule has 2 amide bonds. The number of benzene rings is 4. The van der Waals surface area contributed by atoms with Gasteiger partial charge in [-0.25, -0.2) is 13.6 Å². The van der Waals surface area contributed by atoms with Crippen LogP contribution in [0.25, 0.3) is 11.1 Å². The first-order valence-electron chi connectivity index (χ1n) is 12.7. The summed E-state index contributed by atoms with van der Waals surface area (Å²) in [5, 5.41) is 13.7. The summed E-state index contributed by atoms with van der Waals surface area (Å²) in [5.74, 6) is -7.43. The van der Waals surface area contributed by atoms with E-state index in [4.69, 9.17) is 4.74 Å². The molecular formula is C30H17F7N2O7. The quantitative estimate of drug-likeness (QED) is 0.181. The number of carbonyl (C=O) groups excluding carboxylic acids is 2. The van der Waals surface area contributed by atoms with Gasteiger partial charge in [0.25, 0.3) is 11.8 Å². The van der Waals surface area contributed by atoms with Crippen molar-refractivity contribution in [3.05, 3.63) is 101 Å². The molecule has 0 bridgehead atoms. The molecule has 238 valence electrons. The van der Waals surface area contributed by atoms with Crippen LogP contribution < -0.4 is 24.8 Å². The van der Waals surface area contributed by atoms with Crippen molar-refractivity contribution in [2.45, 2.75) is 12.5 Å². The Balaban J connectivity index is 1.53. The number of halogens is 7. The van der Waals surface area contributed by atoms with Crippen LogP contribution in [0.3, 0.4) is 0 Å². The molecule has 0 aromatic heterocycles. The van der Waals surface area contributed by atoms with E-state index in [2.05, 4.69) is 20.1 Å². The third-order valence-electron chi connectivity index (χ3n) is 6.53. The molecule has 16 heteroatoms. The number of carboxylic acids is 1. The molecule has 0 aliphatic carbocycles. The van der Waals surface area contributed by atoms with Gasteiger partial charge in [0.15, 0.2) is 11.5 Å². The first-order valence-corrected chi connectivity index (χ1v) is 12.7. The Bertz CT molecular complexity index is 1910. The van der Waals surface area contributed by atoms with Gasteiger partial charge in [-0.2, -0.15) is 13.2 Å². The van der Waals surface area contributed by atoms with Crippen molar-refractivity contribution in [3.63, 3.8) is 0 Å². The lowest BCUT2D eigenvalue weighted by atomic mass is 9.99. The molecule has 0 atom stereocenters. The zero-order valence-corrected chi connectivity index (χ0v) is 22.9. The first-order chi connectivity index (χ1) is 21.6. The Hall–Kier alpha value is -5.80. The molecule has 0 fully saturated rings. The van der Waals surface area contributed by atoms with Crippen LogP contribution in [0.4, 0.5) is 42.1 Å². The topological polar surface area (TPSA) is 123 Å². The van der Waals surface area contributed by atoms with Crippen molar-refractivity contribution in [2.24, 2.45) is 0 Å². The number of aromatic carboxylic acids is 1. The monoisotopic (exact) mass is 650 g/mol. The summed E-state index contributed by atoms with van der Waals surface area (Å²) in [6.45, 7) is 0. The standard InChI is InChI=1S/C30H17F7N2O7/c1-44-23-7-3-13(16-9-14(28(42)43)2-5-20(16)31)8-18(23)27(41)39-22-12-25-24(45-30(36,37)46-25)11-17(22)26(40)38-15-4-6-21(32)19(10-15)29(33,34)35/h2-12H,1H3,(H,38,40)(H,39,41)(H,42,43). The SMILES string of the molecule is COc1ccc(-c2cc(C(=O)O)ccc2F)cc1C(=O)Nc1cc2c(cc1C(=O)Nc1ccc(F)c(C(F)(F)F)c1)OC(F)(F)O2. The van der Waals surface area contributed by atoms with Gasteiger partial charge in [0.05, 0.1) is 35.1 Å². The molecule has 1 heterocycles. The molecule has 0 unspecified atom stereocenters. The lowest BCUT2D eigenvalue weighted by molar-refractivity contribution is -0.286. The molecule has 4 aromatic rings. The van der Waals surface area contributed by atoms with Crippen LogP contribution in [0, 0.1) is 11.6 Å². The predicted molar refractivity (Wildman–Crippen MR) is 145 cm³/mol.